The number of nitrogens with two attached hydrogens (primary N) is 1. The second-order valence-corrected chi connectivity index (χ2v) is 6.71. The molecule has 0 saturated carbocycles. The first-order valence-electron chi connectivity index (χ1n) is 6.51. The summed E-state index contributed by atoms with van der Waals surface area (Å²) in [6.45, 7) is 3.29. The van der Waals surface area contributed by atoms with Gasteiger partial charge < -0.3 is 5.43 Å². The highest BCUT2D eigenvalue weighted by molar-refractivity contribution is 7.89. The molecule has 0 aliphatic carbocycles. The molecule has 1 fully saturated rings. The monoisotopic (exact) mass is 284 g/mol. The Hall–Kier alpha value is -1.18. The van der Waals surface area contributed by atoms with Gasteiger partial charge in [-0.05, 0) is 30.9 Å². The number of aromatic nitrogens is 1. The van der Waals surface area contributed by atoms with Gasteiger partial charge in [0.15, 0.2) is 5.82 Å². The van der Waals surface area contributed by atoms with Gasteiger partial charge in [-0.3, -0.25) is 0 Å². The van der Waals surface area contributed by atoms with E-state index in [4.69, 9.17) is 5.84 Å². The van der Waals surface area contributed by atoms with E-state index in [1.54, 1.807) is 6.07 Å². The molecular formula is C12H20N4O2S. The summed E-state index contributed by atoms with van der Waals surface area (Å²) in [6.07, 6.45) is 4.60. The molecule has 0 radical (unpaired) electrons. The Morgan fingerprint density at radius 2 is 2.37 bits per heavy atom. The average molecular weight is 284 g/mol. The molecule has 2 rings (SSSR count). The number of pyridine rings is 1. The fourth-order valence-electron chi connectivity index (χ4n) is 2.51. The van der Waals surface area contributed by atoms with Gasteiger partial charge in [0.1, 0.15) is 4.90 Å². The van der Waals surface area contributed by atoms with Crippen LogP contribution in [0.2, 0.25) is 0 Å². The molecule has 1 aromatic rings. The molecule has 6 nitrogen and oxygen atoms in total. The summed E-state index contributed by atoms with van der Waals surface area (Å²) in [7, 11) is -3.50. The number of rotatable bonds is 5. The van der Waals surface area contributed by atoms with Gasteiger partial charge in [-0.15, -0.1) is 0 Å². The maximum absolute atomic E-state index is 12.6. The van der Waals surface area contributed by atoms with Crippen LogP contribution in [0.1, 0.15) is 26.2 Å². The highest BCUT2D eigenvalue weighted by atomic mass is 32.2. The minimum absolute atomic E-state index is 0.148. The van der Waals surface area contributed by atoms with E-state index >= 15 is 0 Å². The summed E-state index contributed by atoms with van der Waals surface area (Å²) in [5.74, 6) is 5.98. The zero-order chi connectivity index (χ0) is 13.9. The summed E-state index contributed by atoms with van der Waals surface area (Å²) in [5, 5.41) is 0. The number of sulfonamides is 1. The van der Waals surface area contributed by atoms with E-state index < -0.39 is 10.0 Å². The molecule has 1 saturated heterocycles. The van der Waals surface area contributed by atoms with Gasteiger partial charge in [-0.1, -0.05) is 13.3 Å². The summed E-state index contributed by atoms with van der Waals surface area (Å²) < 4.78 is 26.6. The minimum Gasteiger partial charge on any atom is -0.307 e. The van der Waals surface area contributed by atoms with E-state index in [0.717, 1.165) is 19.3 Å². The number of hydrogen-bond donors (Lipinski definition) is 2. The number of nitrogens with one attached hydrogen (secondary N) is 1. The summed E-state index contributed by atoms with van der Waals surface area (Å²) in [5.41, 5.74) is 2.34. The third kappa shape index (κ3) is 2.88. The number of hydrazine groups is 1. The molecule has 3 N–H and O–H groups in total. The Balaban J connectivity index is 2.24. The fourth-order valence-corrected chi connectivity index (χ4v) is 4.14. The zero-order valence-corrected chi connectivity index (χ0v) is 11.9. The van der Waals surface area contributed by atoms with Crippen LogP contribution in [0.25, 0.3) is 0 Å². The number of anilines is 1. The first-order valence-corrected chi connectivity index (χ1v) is 7.95. The lowest BCUT2D eigenvalue weighted by molar-refractivity contribution is 0.444. The second kappa shape index (κ2) is 5.85. The van der Waals surface area contributed by atoms with Gasteiger partial charge >= 0.3 is 0 Å². The van der Waals surface area contributed by atoms with Crippen molar-refractivity contribution in [1.82, 2.24) is 9.29 Å². The summed E-state index contributed by atoms with van der Waals surface area (Å²) >= 11 is 0. The smallest absolute Gasteiger partial charge is 0.246 e. The van der Waals surface area contributed by atoms with Crippen molar-refractivity contribution in [3.05, 3.63) is 18.3 Å². The van der Waals surface area contributed by atoms with Crippen LogP contribution < -0.4 is 11.3 Å². The molecule has 0 amide bonds. The van der Waals surface area contributed by atoms with Gasteiger partial charge in [0.25, 0.3) is 0 Å². The third-order valence-electron chi connectivity index (χ3n) is 3.47. The van der Waals surface area contributed by atoms with E-state index in [0.29, 0.717) is 19.0 Å². The molecule has 106 valence electrons. The maximum atomic E-state index is 12.6. The van der Waals surface area contributed by atoms with Crippen LogP contribution in [0.15, 0.2) is 23.2 Å². The van der Waals surface area contributed by atoms with E-state index in [-0.39, 0.29) is 10.7 Å². The SMILES string of the molecule is CCCC1CCN(S(=O)(=O)c2cccnc2NN)C1. The summed E-state index contributed by atoms with van der Waals surface area (Å²) in [6, 6.07) is 3.14. The van der Waals surface area contributed by atoms with Crippen LogP contribution in [-0.2, 0) is 10.0 Å². The Morgan fingerprint density at radius 3 is 3.05 bits per heavy atom. The van der Waals surface area contributed by atoms with E-state index in [1.807, 2.05) is 0 Å². The van der Waals surface area contributed by atoms with Gasteiger partial charge in [0.2, 0.25) is 10.0 Å². The predicted octanol–water partition coefficient (Wildman–Crippen LogP) is 1.18. The zero-order valence-electron chi connectivity index (χ0n) is 11.0. The van der Waals surface area contributed by atoms with Crippen LogP contribution in [-0.4, -0.2) is 30.8 Å². The van der Waals surface area contributed by atoms with Crippen molar-refractivity contribution in [3.8, 4) is 0 Å². The van der Waals surface area contributed by atoms with Crippen LogP contribution >= 0.6 is 0 Å². The lowest BCUT2D eigenvalue weighted by Gasteiger charge is -2.18. The van der Waals surface area contributed by atoms with E-state index in [2.05, 4.69) is 17.3 Å². The second-order valence-electron chi connectivity index (χ2n) is 4.80. The highest BCUT2D eigenvalue weighted by Gasteiger charge is 2.33. The van der Waals surface area contributed by atoms with Crippen molar-refractivity contribution in [1.29, 1.82) is 0 Å². The van der Waals surface area contributed by atoms with Crippen molar-refractivity contribution >= 4 is 15.8 Å². The molecule has 1 aromatic heterocycles. The van der Waals surface area contributed by atoms with Crippen LogP contribution in [0.3, 0.4) is 0 Å². The normalized spacial score (nSPS) is 20.6. The molecule has 0 spiro atoms. The molecule has 2 heterocycles. The molecule has 1 aliphatic heterocycles. The van der Waals surface area contributed by atoms with Gasteiger partial charge in [-0.2, -0.15) is 4.31 Å². The number of nitrogens with zero attached hydrogens (tertiary/aromatic N) is 2. The fraction of sp³-hybridized carbons (Fsp3) is 0.583. The number of hydrogen-bond acceptors (Lipinski definition) is 5. The number of nitrogen functional groups attached to an aromatic ring is 1. The first kappa shape index (κ1) is 14.2. The van der Waals surface area contributed by atoms with E-state index in [9.17, 15) is 8.42 Å². The lowest BCUT2D eigenvalue weighted by atomic mass is 10.0. The predicted molar refractivity (Wildman–Crippen MR) is 73.8 cm³/mol. The molecule has 1 aliphatic rings. The van der Waals surface area contributed by atoms with Crippen molar-refractivity contribution < 1.29 is 8.42 Å². The highest BCUT2D eigenvalue weighted by Crippen LogP contribution is 2.28. The molecule has 1 unspecified atom stereocenters. The Kier molecular flexibility index (Phi) is 4.38. The van der Waals surface area contributed by atoms with Crippen LogP contribution in [0, 0.1) is 5.92 Å². The first-order chi connectivity index (χ1) is 9.09. The lowest BCUT2D eigenvalue weighted by Crippen LogP contribution is -2.30. The van der Waals surface area contributed by atoms with Crippen molar-refractivity contribution in [2.24, 2.45) is 11.8 Å². The largest absolute Gasteiger partial charge is 0.307 e. The molecule has 7 heteroatoms. The third-order valence-corrected chi connectivity index (χ3v) is 5.37. The topological polar surface area (TPSA) is 88.3 Å². The minimum atomic E-state index is -3.50. The Labute approximate surface area is 114 Å². The standard InChI is InChI=1S/C12H20N4O2S/c1-2-4-10-6-8-16(9-10)19(17,18)11-5-3-7-14-12(11)15-13/h3,5,7,10H,2,4,6,8-9,13H2,1H3,(H,14,15). The molecule has 1 atom stereocenters. The van der Waals surface area contributed by atoms with Gasteiger partial charge in [0, 0.05) is 19.3 Å². The quantitative estimate of drug-likeness (QED) is 0.626. The summed E-state index contributed by atoms with van der Waals surface area (Å²) in [4.78, 5) is 4.10. The maximum Gasteiger partial charge on any atom is 0.246 e. The van der Waals surface area contributed by atoms with Crippen molar-refractivity contribution in [2.45, 2.75) is 31.1 Å². The molecule has 19 heavy (non-hydrogen) atoms. The van der Waals surface area contributed by atoms with Gasteiger partial charge in [-0.25, -0.2) is 19.2 Å². The Bertz CT molecular complexity index is 532. The van der Waals surface area contributed by atoms with Gasteiger partial charge in [0.05, 0.1) is 0 Å². The van der Waals surface area contributed by atoms with Crippen LogP contribution in [0.4, 0.5) is 5.82 Å². The van der Waals surface area contributed by atoms with E-state index in [1.165, 1.54) is 16.6 Å². The molecule has 0 bridgehead atoms. The van der Waals surface area contributed by atoms with Crippen LogP contribution in [0.5, 0.6) is 0 Å². The van der Waals surface area contributed by atoms with Crippen molar-refractivity contribution in [3.63, 3.8) is 0 Å². The van der Waals surface area contributed by atoms with Crippen molar-refractivity contribution in [2.75, 3.05) is 18.5 Å². The molecular weight excluding hydrogens is 264 g/mol. The Morgan fingerprint density at radius 1 is 1.58 bits per heavy atom. The average Bonchev–Trinajstić information content (AvgIpc) is 2.88. The molecule has 0 aromatic carbocycles.